The fourth-order valence-corrected chi connectivity index (χ4v) is 2.78. The van der Waals surface area contributed by atoms with Crippen LogP contribution in [0.2, 0.25) is 0 Å². The molecule has 0 radical (unpaired) electrons. The van der Waals surface area contributed by atoms with Gasteiger partial charge >= 0.3 is 6.03 Å². The van der Waals surface area contributed by atoms with E-state index in [0.29, 0.717) is 25.7 Å². The van der Waals surface area contributed by atoms with Crippen LogP contribution in [0.4, 0.5) is 4.79 Å². The average Bonchev–Trinajstić information content (AvgIpc) is 2.61. The maximum atomic E-state index is 11.7. The number of hydrogen-bond acceptors (Lipinski definition) is 4. The number of carbonyl (C=O) groups is 1. The van der Waals surface area contributed by atoms with Gasteiger partial charge in [-0.05, 0) is 25.0 Å². The molecule has 0 spiro atoms. The van der Waals surface area contributed by atoms with Crippen molar-refractivity contribution in [2.45, 2.75) is 44.2 Å². The van der Waals surface area contributed by atoms with Crippen molar-refractivity contribution >= 4 is 6.03 Å². The van der Waals surface area contributed by atoms with Crippen LogP contribution in [-0.4, -0.2) is 49.5 Å². The molecule has 1 atom stereocenters. The van der Waals surface area contributed by atoms with E-state index in [0.717, 1.165) is 18.6 Å². The van der Waals surface area contributed by atoms with Crippen LogP contribution in [0.5, 0.6) is 5.75 Å². The molecule has 0 aliphatic heterocycles. The monoisotopic (exact) mass is 335 g/mol. The summed E-state index contributed by atoms with van der Waals surface area (Å²) in [6.45, 7) is 1.82. The highest BCUT2D eigenvalue weighted by atomic mass is 16.5. The Morgan fingerprint density at radius 3 is 2.67 bits per heavy atom. The highest BCUT2D eigenvalue weighted by Crippen LogP contribution is 2.17. The van der Waals surface area contributed by atoms with Gasteiger partial charge in [0.25, 0.3) is 0 Å². The first-order valence-corrected chi connectivity index (χ1v) is 8.85. The third kappa shape index (κ3) is 7.66. The summed E-state index contributed by atoms with van der Waals surface area (Å²) in [6, 6.07) is 9.64. The number of rotatable bonds is 9. The molecule has 0 bridgehead atoms. The van der Waals surface area contributed by atoms with E-state index in [2.05, 4.69) is 16.0 Å². The molecule has 1 fully saturated rings. The van der Waals surface area contributed by atoms with E-state index in [4.69, 9.17) is 4.74 Å². The number of carbonyl (C=O) groups excluding carboxylic acids is 1. The number of aliphatic hydroxyl groups excluding tert-OH is 1. The molecule has 1 aliphatic rings. The van der Waals surface area contributed by atoms with Gasteiger partial charge in [0.15, 0.2) is 0 Å². The van der Waals surface area contributed by atoms with E-state index in [1.165, 1.54) is 19.3 Å². The van der Waals surface area contributed by atoms with Gasteiger partial charge in [0, 0.05) is 25.7 Å². The molecular formula is C18H29N3O3. The van der Waals surface area contributed by atoms with Gasteiger partial charge in [-0.25, -0.2) is 4.79 Å². The summed E-state index contributed by atoms with van der Waals surface area (Å²) in [5, 5.41) is 18.8. The lowest BCUT2D eigenvalue weighted by molar-refractivity contribution is 0.106. The smallest absolute Gasteiger partial charge is 0.315 e. The number of aliphatic hydroxyl groups is 1. The normalized spacial score (nSPS) is 16.4. The number of para-hydroxylation sites is 1. The zero-order valence-corrected chi connectivity index (χ0v) is 14.2. The maximum Gasteiger partial charge on any atom is 0.315 e. The maximum absolute atomic E-state index is 11.7. The Kier molecular flexibility index (Phi) is 8.41. The van der Waals surface area contributed by atoms with Gasteiger partial charge in [0.1, 0.15) is 18.5 Å². The third-order valence-corrected chi connectivity index (χ3v) is 4.09. The lowest BCUT2D eigenvalue weighted by Gasteiger charge is -2.22. The van der Waals surface area contributed by atoms with E-state index in [1.54, 1.807) is 0 Å². The minimum absolute atomic E-state index is 0.100. The van der Waals surface area contributed by atoms with Crippen molar-refractivity contribution in [2.24, 2.45) is 0 Å². The van der Waals surface area contributed by atoms with Gasteiger partial charge in [-0.2, -0.15) is 0 Å². The number of benzene rings is 1. The van der Waals surface area contributed by atoms with Crippen LogP contribution in [0.1, 0.15) is 32.1 Å². The quantitative estimate of drug-likeness (QED) is 0.517. The van der Waals surface area contributed by atoms with Crippen LogP contribution in [0.25, 0.3) is 0 Å². The average molecular weight is 335 g/mol. The predicted molar refractivity (Wildman–Crippen MR) is 94.2 cm³/mol. The first-order chi connectivity index (χ1) is 11.7. The van der Waals surface area contributed by atoms with Crippen molar-refractivity contribution in [3.63, 3.8) is 0 Å². The molecule has 1 aliphatic carbocycles. The second-order valence-electron chi connectivity index (χ2n) is 6.22. The Labute approximate surface area is 144 Å². The molecule has 24 heavy (non-hydrogen) atoms. The lowest BCUT2D eigenvalue weighted by Crippen LogP contribution is -2.45. The zero-order valence-electron chi connectivity index (χ0n) is 14.2. The van der Waals surface area contributed by atoms with E-state index >= 15 is 0 Å². The van der Waals surface area contributed by atoms with E-state index in [9.17, 15) is 9.90 Å². The number of hydrogen-bond donors (Lipinski definition) is 4. The van der Waals surface area contributed by atoms with Crippen LogP contribution in [0, 0.1) is 0 Å². The van der Waals surface area contributed by atoms with Crippen molar-refractivity contribution in [1.82, 2.24) is 16.0 Å². The molecule has 0 saturated heterocycles. The highest BCUT2D eigenvalue weighted by molar-refractivity contribution is 5.74. The van der Waals surface area contributed by atoms with Crippen LogP contribution < -0.4 is 20.7 Å². The Balaban J connectivity index is 1.46. The fraction of sp³-hybridized carbons (Fsp3) is 0.611. The Bertz CT molecular complexity index is 464. The molecule has 4 N–H and O–H groups in total. The second-order valence-corrected chi connectivity index (χ2v) is 6.22. The summed E-state index contributed by atoms with van der Waals surface area (Å²) in [6.07, 6.45) is 5.27. The van der Waals surface area contributed by atoms with Gasteiger partial charge in [-0.15, -0.1) is 0 Å². The topological polar surface area (TPSA) is 82.6 Å². The molecule has 2 rings (SSSR count). The van der Waals surface area contributed by atoms with Crippen molar-refractivity contribution in [1.29, 1.82) is 0 Å². The van der Waals surface area contributed by atoms with Crippen molar-refractivity contribution in [2.75, 3.05) is 26.2 Å². The third-order valence-electron chi connectivity index (χ3n) is 4.09. The van der Waals surface area contributed by atoms with Gasteiger partial charge in [-0.3, -0.25) is 0 Å². The SMILES string of the molecule is O=C(NCCNCC(O)COc1ccccc1)NC1CCCCC1. The summed E-state index contributed by atoms with van der Waals surface area (Å²) in [7, 11) is 0. The Hall–Kier alpha value is -1.79. The van der Waals surface area contributed by atoms with Crippen LogP contribution in [-0.2, 0) is 0 Å². The lowest BCUT2D eigenvalue weighted by atomic mass is 9.96. The van der Waals surface area contributed by atoms with Gasteiger partial charge < -0.3 is 25.8 Å². The molecule has 2 amide bonds. The minimum Gasteiger partial charge on any atom is -0.491 e. The number of urea groups is 1. The van der Waals surface area contributed by atoms with Crippen molar-refractivity contribution in [3.05, 3.63) is 30.3 Å². The molecule has 1 unspecified atom stereocenters. The summed E-state index contributed by atoms with van der Waals surface area (Å²) in [5.74, 6) is 0.748. The molecular weight excluding hydrogens is 306 g/mol. The zero-order chi connectivity index (χ0) is 17.0. The van der Waals surface area contributed by atoms with E-state index in [-0.39, 0.29) is 12.6 Å². The Morgan fingerprint density at radius 2 is 1.92 bits per heavy atom. The number of nitrogens with one attached hydrogen (secondary N) is 3. The highest BCUT2D eigenvalue weighted by Gasteiger charge is 2.15. The molecule has 0 heterocycles. The Morgan fingerprint density at radius 1 is 1.17 bits per heavy atom. The van der Waals surface area contributed by atoms with Gasteiger partial charge in [0.05, 0.1) is 0 Å². The van der Waals surface area contributed by atoms with Crippen molar-refractivity contribution in [3.8, 4) is 5.75 Å². The van der Waals surface area contributed by atoms with Gasteiger partial charge in [0.2, 0.25) is 0 Å². The fourth-order valence-electron chi connectivity index (χ4n) is 2.78. The van der Waals surface area contributed by atoms with E-state index in [1.807, 2.05) is 30.3 Å². The predicted octanol–water partition coefficient (Wildman–Crippen LogP) is 1.65. The molecule has 1 saturated carbocycles. The summed E-state index contributed by atoms with van der Waals surface area (Å²) in [4.78, 5) is 11.7. The van der Waals surface area contributed by atoms with Crippen LogP contribution in [0.15, 0.2) is 30.3 Å². The second kappa shape index (κ2) is 10.9. The molecule has 6 nitrogen and oxygen atoms in total. The van der Waals surface area contributed by atoms with Crippen LogP contribution >= 0.6 is 0 Å². The summed E-state index contributed by atoms with van der Waals surface area (Å²) >= 11 is 0. The standard InChI is InChI=1S/C18H29N3O3/c22-16(14-24-17-9-5-2-6-10-17)13-19-11-12-20-18(23)21-15-7-3-1-4-8-15/h2,5-6,9-10,15-16,19,22H,1,3-4,7-8,11-14H2,(H2,20,21,23). The van der Waals surface area contributed by atoms with E-state index < -0.39 is 6.10 Å². The largest absolute Gasteiger partial charge is 0.491 e. The van der Waals surface area contributed by atoms with Gasteiger partial charge in [-0.1, -0.05) is 37.5 Å². The molecule has 6 heteroatoms. The number of amides is 2. The molecule has 134 valence electrons. The first-order valence-electron chi connectivity index (χ1n) is 8.85. The first kappa shape index (κ1) is 18.5. The van der Waals surface area contributed by atoms with Crippen molar-refractivity contribution < 1.29 is 14.6 Å². The number of ether oxygens (including phenoxy) is 1. The van der Waals surface area contributed by atoms with Crippen LogP contribution in [0.3, 0.4) is 0 Å². The molecule has 1 aromatic carbocycles. The summed E-state index contributed by atoms with van der Waals surface area (Å²) in [5.41, 5.74) is 0. The molecule has 0 aromatic heterocycles. The summed E-state index contributed by atoms with van der Waals surface area (Å²) < 4.78 is 5.48. The minimum atomic E-state index is -0.582. The molecule has 1 aromatic rings.